The van der Waals surface area contributed by atoms with Crippen LogP contribution in [0.15, 0.2) is 11.6 Å². The predicted octanol–water partition coefficient (Wildman–Crippen LogP) is 2.46. The summed E-state index contributed by atoms with van der Waals surface area (Å²) in [6.45, 7) is 3.85. The Bertz CT molecular complexity index is 226. The molecule has 0 radical (unpaired) electrons. The lowest BCUT2D eigenvalue weighted by molar-refractivity contribution is -0.116. The van der Waals surface area contributed by atoms with Gasteiger partial charge in [0.15, 0.2) is 5.78 Å². The molecule has 1 aliphatic carbocycles. The summed E-state index contributed by atoms with van der Waals surface area (Å²) in [5.74, 6) is 0.364. The molecule has 2 heteroatoms. The van der Waals surface area contributed by atoms with Gasteiger partial charge in [0.2, 0.25) is 0 Å². The van der Waals surface area contributed by atoms with Crippen molar-refractivity contribution in [1.82, 2.24) is 0 Å². The fourth-order valence-electron chi connectivity index (χ4n) is 2.07. The molecule has 0 spiro atoms. The molecule has 2 atom stereocenters. The van der Waals surface area contributed by atoms with E-state index in [1.54, 1.807) is 6.08 Å². The second-order valence-electron chi connectivity index (χ2n) is 4.50. The smallest absolute Gasteiger partial charge is 0.155 e. The van der Waals surface area contributed by atoms with E-state index in [-0.39, 0.29) is 17.8 Å². The average molecular weight is 196 g/mol. The topological polar surface area (TPSA) is 37.3 Å². The summed E-state index contributed by atoms with van der Waals surface area (Å²) in [7, 11) is 0. The Morgan fingerprint density at radius 3 is 2.57 bits per heavy atom. The van der Waals surface area contributed by atoms with Gasteiger partial charge in [0, 0.05) is 6.42 Å². The Labute approximate surface area is 86.0 Å². The van der Waals surface area contributed by atoms with Gasteiger partial charge in [0.05, 0.1) is 6.10 Å². The second-order valence-corrected chi connectivity index (χ2v) is 4.50. The zero-order chi connectivity index (χ0) is 10.6. The molecular formula is C12H20O2. The highest BCUT2D eigenvalue weighted by Crippen LogP contribution is 2.27. The minimum atomic E-state index is -0.252. The summed E-state index contributed by atoms with van der Waals surface area (Å²) >= 11 is 0. The van der Waals surface area contributed by atoms with Crippen LogP contribution in [0.1, 0.15) is 46.0 Å². The molecule has 2 nitrogen and oxygen atoms in total. The number of hydrogen-bond donors (Lipinski definition) is 1. The molecule has 0 aromatic carbocycles. The van der Waals surface area contributed by atoms with Gasteiger partial charge in [0.25, 0.3) is 0 Å². The van der Waals surface area contributed by atoms with Gasteiger partial charge in [-0.05, 0) is 38.7 Å². The van der Waals surface area contributed by atoms with E-state index in [2.05, 4.69) is 0 Å². The Kier molecular flexibility index (Phi) is 4.33. The number of rotatable bonds is 3. The molecule has 0 bridgehead atoms. The molecule has 0 aromatic rings. The van der Waals surface area contributed by atoms with Crippen molar-refractivity contribution in [2.75, 3.05) is 0 Å². The van der Waals surface area contributed by atoms with Gasteiger partial charge in [-0.3, -0.25) is 4.79 Å². The van der Waals surface area contributed by atoms with Crippen molar-refractivity contribution in [3.63, 3.8) is 0 Å². The van der Waals surface area contributed by atoms with Crippen molar-refractivity contribution < 1.29 is 9.90 Å². The molecule has 1 rings (SSSR count). The number of aliphatic hydroxyl groups excluding tert-OH is 1. The van der Waals surface area contributed by atoms with Gasteiger partial charge >= 0.3 is 0 Å². The molecule has 1 fully saturated rings. The number of ketones is 1. The van der Waals surface area contributed by atoms with Crippen LogP contribution in [-0.2, 0) is 4.79 Å². The Balaban J connectivity index is 2.42. The SMILES string of the molecule is CC(C)=CC(=O)CC1CCCCC1O. The predicted molar refractivity (Wildman–Crippen MR) is 57.0 cm³/mol. The average Bonchev–Trinajstić information content (AvgIpc) is 2.07. The van der Waals surface area contributed by atoms with E-state index in [9.17, 15) is 9.90 Å². The normalized spacial score (nSPS) is 27.1. The maximum absolute atomic E-state index is 11.5. The van der Waals surface area contributed by atoms with Gasteiger partial charge in [-0.25, -0.2) is 0 Å². The molecule has 0 amide bonds. The second kappa shape index (κ2) is 5.30. The lowest BCUT2D eigenvalue weighted by Gasteiger charge is -2.26. The van der Waals surface area contributed by atoms with Crippen molar-refractivity contribution in [3.05, 3.63) is 11.6 Å². The Morgan fingerprint density at radius 1 is 1.36 bits per heavy atom. The highest BCUT2D eigenvalue weighted by molar-refractivity contribution is 5.90. The Morgan fingerprint density at radius 2 is 2.00 bits per heavy atom. The van der Waals surface area contributed by atoms with Crippen LogP contribution in [0.3, 0.4) is 0 Å². The van der Waals surface area contributed by atoms with Crippen LogP contribution in [0, 0.1) is 5.92 Å². The molecule has 0 heterocycles. The maximum Gasteiger partial charge on any atom is 0.155 e. The van der Waals surface area contributed by atoms with Gasteiger partial charge in [-0.15, -0.1) is 0 Å². The van der Waals surface area contributed by atoms with Gasteiger partial charge in [0.1, 0.15) is 0 Å². The largest absolute Gasteiger partial charge is 0.393 e. The first-order valence-corrected chi connectivity index (χ1v) is 5.45. The molecule has 80 valence electrons. The van der Waals surface area contributed by atoms with E-state index >= 15 is 0 Å². The van der Waals surface area contributed by atoms with E-state index in [0.717, 1.165) is 31.3 Å². The fraction of sp³-hybridized carbons (Fsp3) is 0.750. The van der Waals surface area contributed by atoms with Crippen molar-refractivity contribution in [3.8, 4) is 0 Å². The number of allylic oxidation sites excluding steroid dienone is 2. The molecule has 1 N–H and O–H groups in total. The fourth-order valence-corrected chi connectivity index (χ4v) is 2.07. The highest BCUT2D eigenvalue weighted by atomic mass is 16.3. The van der Waals surface area contributed by atoms with E-state index in [0.29, 0.717) is 6.42 Å². The van der Waals surface area contributed by atoms with Crippen LogP contribution in [-0.4, -0.2) is 17.0 Å². The van der Waals surface area contributed by atoms with E-state index < -0.39 is 0 Å². The first-order valence-electron chi connectivity index (χ1n) is 5.45. The number of aliphatic hydroxyl groups is 1. The minimum Gasteiger partial charge on any atom is -0.393 e. The zero-order valence-electron chi connectivity index (χ0n) is 9.12. The number of hydrogen-bond acceptors (Lipinski definition) is 2. The third-order valence-corrected chi connectivity index (χ3v) is 2.78. The standard InChI is InChI=1S/C12H20O2/c1-9(2)7-11(13)8-10-5-3-4-6-12(10)14/h7,10,12,14H,3-6,8H2,1-2H3. The molecule has 0 saturated heterocycles. The summed E-state index contributed by atoms with van der Waals surface area (Å²) in [5.41, 5.74) is 1.04. The molecule has 0 aromatic heterocycles. The van der Waals surface area contributed by atoms with E-state index in [1.807, 2.05) is 13.8 Å². The van der Waals surface area contributed by atoms with Crippen LogP contribution < -0.4 is 0 Å². The molecule has 1 saturated carbocycles. The summed E-state index contributed by atoms with van der Waals surface area (Å²) in [6, 6.07) is 0. The quantitative estimate of drug-likeness (QED) is 0.704. The summed E-state index contributed by atoms with van der Waals surface area (Å²) < 4.78 is 0. The van der Waals surface area contributed by atoms with Crippen LogP contribution in [0.4, 0.5) is 0 Å². The molecule has 2 unspecified atom stereocenters. The third kappa shape index (κ3) is 3.62. The lowest BCUT2D eigenvalue weighted by atomic mass is 9.83. The Hall–Kier alpha value is -0.630. The van der Waals surface area contributed by atoms with E-state index in [4.69, 9.17) is 0 Å². The van der Waals surface area contributed by atoms with Crippen LogP contribution >= 0.6 is 0 Å². The van der Waals surface area contributed by atoms with E-state index in [1.165, 1.54) is 0 Å². The van der Waals surface area contributed by atoms with Crippen LogP contribution in [0.2, 0.25) is 0 Å². The summed E-state index contributed by atoms with van der Waals surface area (Å²) in [5, 5.41) is 9.68. The summed E-state index contributed by atoms with van der Waals surface area (Å²) in [4.78, 5) is 11.5. The summed E-state index contributed by atoms with van der Waals surface area (Å²) in [6.07, 6.45) is 6.08. The third-order valence-electron chi connectivity index (χ3n) is 2.78. The van der Waals surface area contributed by atoms with Crippen molar-refractivity contribution >= 4 is 5.78 Å². The molecular weight excluding hydrogens is 176 g/mol. The number of carbonyl (C=O) groups is 1. The number of carbonyl (C=O) groups excluding carboxylic acids is 1. The van der Waals surface area contributed by atoms with Gasteiger partial charge in [-0.1, -0.05) is 18.4 Å². The maximum atomic E-state index is 11.5. The first kappa shape index (κ1) is 11.4. The molecule has 14 heavy (non-hydrogen) atoms. The van der Waals surface area contributed by atoms with Crippen molar-refractivity contribution in [1.29, 1.82) is 0 Å². The zero-order valence-corrected chi connectivity index (χ0v) is 9.12. The lowest BCUT2D eigenvalue weighted by Crippen LogP contribution is -2.26. The molecule has 0 aliphatic heterocycles. The van der Waals surface area contributed by atoms with Gasteiger partial charge in [-0.2, -0.15) is 0 Å². The van der Waals surface area contributed by atoms with Gasteiger partial charge < -0.3 is 5.11 Å². The van der Waals surface area contributed by atoms with Crippen molar-refractivity contribution in [2.24, 2.45) is 5.92 Å². The minimum absolute atomic E-state index is 0.163. The first-order chi connectivity index (χ1) is 6.59. The highest BCUT2D eigenvalue weighted by Gasteiger charge is 2.24. The molecule has 1 aliphatic rings. The monoisotopic (exact) mass is 196 g/mol. The van der Waals surface area contributed by atoms with Crippen molar-refractivity contribution in [2.45, 2.75) is 52.1 Å². The van der Waals surface area contributed by atoms with Crippen LogP contribution in [0.5, 0.6) is 0 Å². The van der Waals surface area contributed by atoms with Crippen LogP contribution in [0.25, 0.3) is 0 Å².